The lowest BCUT2D eigenvalue weighted by molar-refractivity contribution is 0.102. The van der Waals surface area contributed by atoms with Crippen LogP contribution in [0.5, 0.6) is 17.2 Å². The number of hydrogen-bond acceptors (Lipinski definition) is 6. The summed E-state index contributed by atoms with van der Waals surface area (Å²) in [5.41, 5.74) is 2.53. The second-order valence-corrected chi connectivity index (χ2v) is 7.02. The van der Waals surface area contributed by atoms with Crippen LogP contribution in [-0.2, 0) is 17.6 Å². The Morgan fingerprint density at radius 3 is 2.31 bits per heavy atom. The van der Waals surface area contributed by atoms with Crippen molar-refractivity contribution in [1.82, 2.24) is 10.2 Å². The average molecular weight is 440 g/mol. The van der Waals surface area contributed by atoms with Crippen molar-refractivity contribution in [2.24, 2.45) is 0 Å². The first-order valence-electron chi connectivity index (χ1n) is 10.5. The first kappa shape index (κ1) is 23.1. The van der Waals surface area contributed by atoms with Crippen molar-refractivity contribution < 1.29 is 23.7 Å². The fourth-order valence-corrected chi connectivity index (χ4v) is 3.10. The molecule has 0 aliphatic rings. The van der Waals surface area contributed by atoms with Crippen LogP contribution in [0.2, 0.25) is 0 Å². The fourth-order valence-electron chi connectivity index (χ4n) is 3.10. The number of carbonyl (C=O) groups excluding carboxylic acids is 1. The molecule has 32 heavy (non-hydrogen) atoms. The van der Waals surface area contributed by atoms with Gasteiger partial charge in [0.25, 0.3) is 5.91 Å². The Morgan fingerprint density at radius 1 is 0.938 bits per heavy atom. The average Bonchev–Trinajstić information content (AvgIpc) is 3.27. The van der Waals surface area contributed by atoms with Gasteiger partial charge in [-0.3, -0.25) is 9.89 Å². The predicted octanol–water partition coefficient (Wildman–Crippen LogP) is 3.88. The number of H-pyrrole nitrogens is 1. The van der Waals surface area contributed by atoms with Crippen LogP contribution in [0.4, 0.5) is 5.82 Å². The highest BCUT2D eigenvalue weighted by atomic mass is 16.5. The van der Waals surface area contributed by atoms with E-state index in [9.17, 15) is 4.79 Å². The molecule has 3 rings (SSSR count). The zero-order valence-electron chi connectivity index (χ0n) is 18.6. The summed E-state index contributed by atoms with van der Waals surface area (Å²) in [4.78, 5) is 12.5. The summed E-state index contributed by atoms with van der Waals surface area (Å²) in [6.07, 6.45) is 1.50. The summed E-state index contributed by atoms with van der Waals surface area (Å²) >= 11 is 0. The first-order valence-corrected chi connectivity index (χ1v) is 10.5. The minimum Gasteiger partial charge on any atom is -0.497 e. The lowest BCUT2D eigenvalue weighted by Crippen LogP contribution is -2.12. The van der Waals surface area contributed by atoms with E-state index >= 15 is 0 Å². The van der Waals surface area contributed by atoms with Gasteiger partial charge in [-0.15, -0.1) is 0 Å². The summed E-state index contributed by atoms with van der Waals surface area (Å²) in [7, 11) is 3.26. The van der Waals surface area contributed by atoms with Crippen LogP contribution in [0.25, 0.3) is 0 Å². The van der Waals surface area contributed by atoms with E-state index < -0.39 is 0 Å². The maximum Gasteiger partial charge on any atom is 0.256 e. The maximum atomic E-state index is 12.5. The first-order chi connectivity index (χ1) is 15.6. The Bertz CT molecular complexity index is 979. The van der Waals surface area contributed by atoms with Gasteiger partial charge in [-0.25, -0.2) is 0 Å². The molecule has 170 valence electrons. The van der Waals surface area contributed by atoms with Crippen LogP contribution < -0.4 is 19.5 Å². The number of aromatic nitrogens is 2. The molecule has 0 atom stereocenters. The van der Waals surface area contributed by atoms with Crippen molar-refractivity contribution in [2.75, 3.05) is 39.4 Å². The number of methoxy groups -OCH3 is 2. The topological polar surface area (TPSA) is 94.7 Å². The van der Waals surface area contributed by atoms with Crippen LogP contribution in [0.3, 0.4) is 0 Å². The van der Waals surface area contributed by atoms with Crippen LogP contribution in [0.1, 0.15) is 28.5 Å². The molecule has 0 spiro atoms. The zero-order chi connectivity index (χ0) is 22.8. The molecular weight excluding hydrogens is 410 g/mol. The highest BCUT2D eigenvalue weighted by Crippen LogP contribution is 2.23. The molecule has 0 saturated heterocycles. The number of rotatable bonds is 12. The van der Waals surface area contributed by atoms with Crippen LogP contribution in [0.15, 0.2) is 48.5 Å². The van der Waals surface area contributed by atoms with Crippen molar-refractivity contribution in [3.8, 4) is 17.2 Å². The third kappa shape index (κ3) is 6.75. The number of benzene rings is 2. The number of anilines is 1. The minimum atomic E-state index is -0.235. The summed E-state index contributed by atoms with van der Waals surface area (Å²) in [6, 6.07) is 14.6. The molecule has 8 heteroatoms. The Morgan fingerprint density at radius 2 is 1.66 bits per heavy atom. The maximum absolute atomic E-state index is 12.5. The van der Waals surface area contributed by atoms with E-state index in [1.807, 2.05) is 31.2 Å². The van der Waals surface area contributed by atoms with Gasteiger partial charge in [0.2, 0.25) is 0 Å². The van der Waals surface area contributed by atoms with Gasteiger partial charge in [0.15, 0.2) is 5.82 Å². The van der Waals surface area contributed by atoms with Crippen LogP contribution in [-0.4, -0.2) is 50.1 Å². The van der Waals surface area contributed by atoms with Gasteiger partial charge in [0, 0.05) is 30.0 Å². The van der Waals surface area contributed by atoms with Gasteiger partial charge >= 0.3 is 0 Å². The normalized spacial score (nSPS) is 10.6. The molecule has 1 aromatic heterocycles. The largest absolute Gasteiger partial charge is 0.497 e. The lowest BCUT2D eigenvalue weighted by atomic mass is 10.1. The number of amides is 1. The molecule has 0 saturated carbocycles. The third-order valence-corrected chi connectivity index (χ3v) is 4.78. The molecule has 3 aromatic rings. The summed E-state index contributed by atoms with van der Waals surface area (Å²) in [5.74, 6) is 2.44. The molecule has 0 aliphatic heterocycles. The van der Waals surface area contributed by atoms with E-state index in [1.165, 1.54) is 0 Å². The van der Waals surface area contributed by atoms with E-state index in [-0.39, 0.29) is 5.91 Å². The number of ether oxygens (including phenoxy) is 4. The Hall–Kier alpha value is -3.52. The second-order valence-electron chi connectivity index (χ2n) is 7.02. The molecule has 8 nitrogen and oxygen atoms in total. The molecular formula is C24H29N3O5. The molecule has 1 amide bonds. The molecule has 2 N–H and O–H groups in total. The van der Waals surface area contributed by atoms with Gasteiger partial charge in [-0.1, -0.05) is 0 Å². The predicted molar refractivity (Wildman–Crippen MR) is 122 cm³/mol. The van der Waals surface area contributed by atoms with Gasteiger partial charge in [0.1, 0.15) is 23.9 Å². The number of aryl methyl sites for hydroxylation is 2. The highest BCUT2D eigenvalue weighted by molar-refractivity contribution is 6.03. The van der Waals surface area contributed by atoms with Gasteiger partial charge < -0.3 is 24.3 Å². The van der Waals surface area contributed by atoms with Crippen molar-refractivity contribution in [2.45, 2.75) is 19.8 Å². The quantitative estimate of drug-likeness (QED) is 0.416. The molecule has 0 aliphatic carbocycles. The Labute approximate surface area is 187 Å². The number of hydrogen-bond donors (Lipinski definition) is 2. The standard InChI is InChI=1S/C24H29N3O5/c1-4-31-11-12-32-20-9-6-18(7-10-20)24(28)25-23-15-19(26-27-23)8-5-17-13-21(29-2)16-22(14-17)30-3/h6-7,9-10,13-16H,4-5,8,11-12H2,1-3H3,(H2,25,26,27,28). The zero-order valence-corrected chi connectivity index (χ0v) is 18.6. The van der Waals surface area contributed by atoms with E-state index in [0.29, 0.717) is 37.0 Å². The highest BCUT2D eigenvalue weighted by Gasteiger charge is 2.10. The Balaban J connectivity index is 1.52. The van der Waals surface area contributed by atoms with Crippen molar-refractivity contribution in [3.63, 3.8) is 0 Å². The summed E-state index contributed by atoms with van der Waals surface area (Å²) in [6.45, 7) is 3.60. The smallest absolute Gasteiger partial charge is 0.256 e. The summed E-state index contributed by atoms with van der Waals surface area (Å²) in [5, 5.41) is 9.98. The van der Waals surface area contributed by atoms with Crippen LogP contribution in [0, 0.1) is 0 Å². The van der Waals surface area contributed by atoms with E-state index in [2.05, 4.69) is 15.5 Å². The van der Waals surface area contributed by atoms with E-state index in [1.54, 1.807) is 38.5 Å². The number of carbonyl (C=O) groups is 1. The SMILES string of the molecule is CCOCCOc1ccc(C(=O)Nc2cc(CCc3cc(OC)cc(OC)c3)[nH]n2)cc1. The van der Waals surface area contributed by atoms with Gasteiger partial charge in [0.05, 0.1) is 20.8 Å². The lowest BCUT2D eigenvalue weighted by Gasteiger charge is -2.08. The number of nitrogens with one attached hydrogen (secondary N) is 2. The van der Waals surface area contributed by atoms with Crippen molar-refractivity contribution >= 4 is 11.7 Å². The minimum absolute atomic E-state index is 0.235. The van der Waals surface area contributed by atoms with Crippen LogP contribution >= 0.6 is 0 Å². The third-order valence-electron chi connectivity index (χ3n) is 4.78. The molecule has 2 aromatic carbocycles. The number of nitrogens with zero attached hydrogens (tertiary/aromatic N) is 1. The van der Waals surface area contributed by atoms with Gasteiger partial charge in [-0.05, 0) is 61.7 Å². The fraction of sp³-hybridized carbons (Fsp3) is 0.333. The van der Waals surface area contributed by atoms with Crippen molar-refractivity contribution in [1.29, 1.82) is 0 Å². The monoisotopic (exact) mass is 439 g/mol. The molecule has 0 bridgehead atoms. The summed E-state index contributed by atoms with van der Waals surface area (Å²) < 4.78 is 21.4. The molecule has 0 unspecified atom stereocenters. The van der Waals surface area contributed by atoms with E-state index in [0.717, 1.165) is 35.6 Å². The molecule has 0 radical (unpaired) electrons. The molecule has 1 heterocycles. The Kier molecular flexibility index (Phi) is 8.51. The molecule has 0 fully saturated rings. The van der Waals surface area contributed by atoms with Gasteiger partial charge in [-0.2, -0.15) is 5.10 Å². The van der Waals surface area contributed by atoms with E-state index in [4.69, 9.17) is 18.9 Å². The second kappa shape index (κ2) is 11.8. The van der Waals surface area contributed by atoms with Crippen molar-refractivity contribution in [3.05, 3.63) is 65.4 Å². The number of aromatic amines is 1.